The van der Waals surface area contributed by atoms with Crippen LogP contribution in [0.1, 0.15) is 22.1 Å². The van der Waals surface area contributed by atoms with E-state index in [1.807, 2.05) is 54.6 Å². The van der Waals surface area contributed by atoms with E-state index in [-0.39, 0.29) is 5.91 Å². The van der Waals surface area contributed by atoms with Gasteiger partial charge in [-0.3, -0.25) is 4.79 Å². The summed E-state index contributed by atoms with van der Waals surface area (Å²) in [6, 6.07) is 28.4. The number of benzene rings is 4. The number of carbonyl (C=O) groups is 1. The highest BCUT2D eigenvalue weighted by molar-refractivity contribution is 6.04. The molecular formula is C24H17N5O2. The molecule has 4 aromatic carbocycles. The third kappa shape index (κ3) is 4.02. The number of para-hydroxylation sites is 1. The lowest BCUT2D eigenvalue weighted by molar-refractivity contribution is 0.102. The molecular weight excluding hydrogens is 390 g/mol. The average molecular weight is 407 g/mol. The van der Waals surface area contributed by atoms with Gasteiger partial charge in [-0.1, -0.05) is 48.5 Å². The summed E-state index contributed by atoms with van der Waals surface area (Å²) in [5.74, 6) is 1.15. The first-order valence-corrected chi connectivity index (χ1v) is 9.73. The van der Waals surface area contributed by atoms with E-state index in [4.69, 9.17) is 4.74 Å². The highest BCUT2D eigenvalue weighted by atomic mass is 16.5. The number of amides is 1. The molecule has 7 heteroatoms. The fourth-order valence-corrected chi connectivity index (χ4v) is 3.36. The number of hydrogen-bond donors (Lipinski definition) is 1. The maximum atomic E-state index is 12.7. The first-order chi connectivity index (χ1) is 15.3. The number of fused-ring (bicyclic) bond motifs is 1. The van der Waals surface area contributed by atoms with E-state index in [2.05, 4.69) is 32.1 Å². The van der Waals surface area contributed by atoms with Gasteiger partial charge in [0.05, 0.1) is 0 Å². The number of carbonyl (C=O) groups excluding carboxylic acids is 1. The molecule has 0 aliphatic carbocycles. The molecule has 1 aliphatic heterocycles. The molecule has 1 heterocycles. The van der Waals surface area contributed by atoms with Crippen LogP contribution in [0.15, 0.2) is 112 Å². The number of anilines is 1. The average Bonchev–Trinajstić information content (AvgIpc) is 3.35. The minimum absolute atomic E-state index is 0.239. The van der Waals surface area contributed by atoms with Gasteiger partial charge in [0, 0.05) is 16.8 Å². The van der Waals surface area contributed by atoms with E-state index >= 15 is 0 Å². The van der Waals surface area contributed by atoms with Crippen LogP contribution in [0, 0.1) is 0 Å². The molecule has 0 bridgehead atoms. The van der Waals surface area contributed by atoms with Crippen molar-refractivity contribution in [3.05, 3.63) is 102 Å². The predicted octanol–water partition coefficient (Wildman–Crippen LogP) is 6.72. The van der Waals surface area contributed by atoms with Crippen LogP contribution in [0.5, 0.6) is 11.5 Å². The minimum Gasteiger partial charge on any atom is -0.457 e. The van der Waals surface area contributed by atoms with E-state index in [1.54, 1.807) is 30.3 Å². The second-order valence-corrected chi connectivity index (χ2v) is 6.96. The Kier molecular flexibility index (Phi) is 4.90. The van der Waals surface area contributed by atoms with Crippen molar-refractivity contribution in [2.24, 2.45) is 20.7 Å². The molecule has 0 unspecified atom stereocenters. The van der Waals surface area contributed by atoms with Gasteiger partial charge in [0.25, 0.3) is 5.91 Å². The van der Waals surface area contributed by atoms with Gasteiger partial charge in [0.1, 0.15) is 11.5 Å². The fraction of sp³-hybridized carbons (Fsp3) is 0.0417. The summed E-state index contributed by atoms with van der Waals surface area (Å²) < 4.78 is 5.95. The summed E-state index contributed by atoms with van der Waals surface area (Å²) in [7, 11) is 0. The molecule has 0 saturated carbocycles. The zero-order chi connectivity index (χ0) is 21.0. The smallest absolute Gasteiger partial charge is 0.255 e. The standard InChI is InChI=1S/C24H17N5O2/c30-24(25-22-8-4-3-7-21(22)23-26-28-29-27-23)17-10-12-19(13-11-17)31-20-14-9-16-5-1-2-6-18(16)15-20/h1-15,23H,(H,25,30). The normalized spacial score (nSPS) is 12.9. The van der Waals surface area contributed by atoms with Crippen molar-refractivity contribution in [2.45, 2.75) is 6.17 Å². The molecule has 0 atom stereocenters. The summed E-state index contributed by atoms with van der Waals surface area (Å²) in [5, 5.41) is 20.1. The molecule has 0 aromatic heterocycles. The number of hydrogen-bond acceptors (Lipinski definition) is 6. The molecule has 0 fully saturated rings. The third-order valence-electron chi connectivity index (χ3n) is 4.92. The third-order valence-corrected chi connectivity index (χ3v) is 4.92. The van der Waals surface area contributed by atoms with E-state index in [0.717, 1.165) is 22.1 Å². The lowest BCUT2D eigenvalue weighted by Crippen LogP contribution is -2.13. The zero-order valence-corrected chi connectivity index (χ0v) is 16.3. The second-order valence-electron chi connectivity index (χ2n) is 6.96. The van der Waals surface area contributed by atoms with Crippen LogP contribution in [0.25, 0.3) is 10.8 Å². The molecule has 31 heavy (non-hydrogen) atoms. The topological polar surface area (TPSA) is 87.8 Å². The molecule has 0 spiro atoms. The fourth-order valence-electron chi connectivity index (χ4n) is 3.36. The van der Waals surface area contributed by atoms with E-state index in [1.165, 1.54) is 0 Å². The van der Waals surface area contributed by atoms with Crippen molar-refractivity contribution in [1.82, 2.24) is 0 Å². The zero-order valence-electron chi connectivity index (χ0n) is 16.3. The van der Waals surface area contributed by atoms with Crippen LogP contribution < -0.4 is 10.1 Å². The molecule has 1 N–H and O–H groups in total. The van der Waals surface area contributed by atoms with Gasteiger partial charge >= 0.3 is 0 Å². The quantitative estimate of drug-likeness (QED) is 0.398. The van der Waals surface area contributed by atoms with Crippen LogP contribution >= 0.6 is 0 Å². The van der Waals surface area contributed by atoms with Crippen molar-refractivity contribution >= 4 is 22.4 Å². The van der Waals surface area contributed by atoms with Crippen molar-refractivity contribution in [1.29, 1.82) is 0 Å². The summed E-state index contributed by atoms with van der Waals surface area (Å²) in [6.45, 7) is 0. The van der Waals surface area contributed by atoms with Crippen molar-refractivity contribution < 1.29 is 9.53 Å². The maximum absolute atomic E-state index is 12.7. The van der Waals surface area contributed by atoms with Crippen LogP contribution in [-0.4, -0.2) is 5.91 Å². The maximum Gasteiger partial charge on any atom is 0.255 e. The van der Waals surface area contributed by atoms with Gasteiger partial charge in [-0.05, 0) is 63.7 Å². The van der Waals surface area contributed by atoms with Crippen LogP contribution in [0.2, 0.25) is 0 Å². The van der Waals surface area contributed by atoms with Gasteiger partial charge in [0.15, 0.2) is 0 Å². The van der Waals surface area contributed by atoms with Gasteiger partial charge in [-0.2, -0.15) is 0 Å². The molecule has 4 aromatic rings. The Balaban J connectivity index is 1.30. The molecule has 150 valence electrons. The Morgan fingerprint density at radius 2 is 1.42 bits per heavy atom. The number of nitrogens with zero attached hydrogens (tertiary/aromatic N) is 4. The van der Waals surface area contributed by atoms with Crippen LogP contribution in [0.3, 0.4) is 0 Å². The van der Waals surface area contributed by atoms with Gasteiger partial charge in [-0.15, -0.1) is 10.2 Å². The van der Waals surface area contributed by atoms with Gasteiger partial charge < -0.3 is 10.1 Å². The molecule has 1 aliphatic rings. The Bertz CT molecular complexity index is 1300. The number of rotatable bonds is 5. The SMILES string of the molecule is O=C(Nc1ccccc1C1N=NN=N1)c1ccc(Oc2ccc3ccccc3c2)cc1. The molecule has 7 nitrogen and oxygen atoms in total. The van der Waals surface area contributed by atoms with Crippen molar-refractivity contribution in [3.63, 3.8) is 0 Å². The molecule has 0 saturated heterocycles. The highest BCUT2D eigenvalue weighted by Gasteiger charge is 2.18. The Hall–Kier alpha value is -4.39. The highest BCUT2D eigenvalue weighted by Crippen LogP contribution is 2.30. The summed E-state index contributed by atoms with van der Waals surface area (Å²) in [4.78, 5) is 12.7. The van der Waals surface area contributed by atoms with E-state index in [9.17, 15) is 4.79 Å². The van der Waals surface area contributed by atoms with Crippen molar-refractivity contribution in [3.8, 4) is 11.5 Å². The summed E-state index contributed by atoms with van der Waals surface area (Å²) in [6.07, 6.45) is -0.533. The largest absolute Gasteiger partial charge is 0.457 e. The number of ether oxygens (including phenoxy) is 1. The van der Waals surface area contributed by atoms with E-state index in [0.29, 0.717) is 17.0 Å². The summed E-state index contributed by atoms with van der Waals surface area (Å²) in [5.41, 5.74) is 1.86. The molecule has 1 amide bonds. The monoisotopic (exact) mass is 407 g/mol. The number of nitrogens with one attached hydrogen (secondary N) is 1. The van der Waals surface area contributed by atoms with Crippen LogP contribution in [0.4, 0.5) is 5.69 Å². The summed E-state index contributed by atoms with van der Waals surface area (Å²) >= 11 is 0. The Morgan fingerprint density at radius 1 is 0.742 bits per heavy atom. The van der Waals surface area contributed by atoms with Crippen molar-refractivity contribution in [2.75, 3.05) is 5.32 Å². The van der Waals surface area contributed by atoms with E-state index < -0.39 is 6.17 Å². The van der Waals surface area contributed by atoms with Gasteiger partial charge in [-0.25, -0.2) is 0 Å². The Morgan fingerprint density at radius 3 is 2.23 bits per heavy atom. The minimum atomic E-state index is -0.533. The molecule has 0 radical (unpaired) electrons. The lowest BCUT2D eigenvalue weighted by Gasteiger charge is -2.12. The lowest BCUT2D eigenvalue weighted by atomic mass is 10.1. The second kappa shape index (κ2) is 8.16. The first kappa shape index (κ1) is 18.6. The van der Waals surface area contributed by atoms with Crippen LogP contribution in [-0.2, 0) is 0 Å². The predicted molar refractivity (Wildman–Crippen MR) is 117 cm³/mol. The Labute approximate surface area is 178 Å². The molecule has 5 rings (SSSR count). The first-order valence-electron chi connectivity index (χ1n) is 9.73. The van der Waals surface area contributed by atoms with Gasteiger partial charge in [0.2, 0.25) is 6.17 Å².